The molecule has 1 fully saturated rings. The smallest absolute Gasteiger partial charge is 0.201 e. The molecule has 1 aromatic carbocycles. The van der Waals surface area contributed by atoms with Crippen molar-refractivity contribution in [2.75, 3.05) is 12.4 Å². The molecule has 0 radical (unpaired) electrons. The van der Waals surface area contributed by atoms with E-state index in [1.165, 1.54) is 24.6 Å². The Labute approximate surface area is 130 Å². The number of ether oxygens (including phenoxy) is 1. The lowest BCUT2D eigenvalue weighted by molar-refractivity contribution is 0.181. The van der Waals surface area contributed by atoms with Gasteiger partial charge in [0.2, 0.25) is 5.82 Å². The third-order valence-electron chi connectivity index (χ3n) is 4.08. The van der Waals surface area contributed by atoms with Gasteiger partial charge >= 0.3 is 0 Å². The lowest BCUT2D eigenvalue weighted by Crippen LogP contribution is -2.19. The molecular weight excluding hydrogens is 290 g/mol. The highest BCUT2D eigenvalue weighted by Crippen LogP contribution is 2.32. The van der Waals surface area contributed by atoms with E-state index in [4.69, 9.17) is 4.74 Å². The Hall–Kier alpha value is -0.770. The van der Waals surface area contributed by atoms with Gasteiger partial charge in [0.15, 0.2) is 11.6 Å². The summed E-state index contributed by atoms with van der Waals surface area (Å²) in [6.45, 7) is 4.77. The van der Waals surface area contributed by atoms with Gasteiger partial charge in [-0.2, -0.15) is 4.39 Å². The zero-order valence-electron chi connectivity index (χ0n) is 12.8. The maximum absolute atomic E-state index is 14.0. The van der Waals surface area contributed by atoms with Crippen molar-refractivity contribution in [1.82, 2.24) is 0 Å². The first-order chi connectivity index (χ1) is 10.1. The normalized spacial score (nSPS) is 22.3. The SMILES string of the molecule is CCCSc1ccc(OCC2CCC(C)CC2)c(F)c1F. The molecule has 0 heterocycles. The van der Waals surface area contributed by atoms with E-state index in [0.29, 0.717) is 17.4 Å². The second-order valence-electron chi connectivity index (χ2n) is 5.98. The Morgan fingerprint density at radius 3 is 2.52 bits per heavy atom. The molecule has 0 N–H and O–H groups in total. The quantitative estimate of drug-likeness (QED) is 0.625. The summed E-state index contributed by atoms with van der Waals surface area (Å²) >= 11 is 1.35. The Morgan fingerprint density at radius 1 is 1.14 bits per heavy atom. The molecule has 0 aromatic heterocycles. The van der Waals surface area contributed by atoms with Gasteiger partial charge in [0, 0.05) is 4.90 Å². The highest BCUT2D eigenvalue weighted by molar-refractivity contribution is 7.99. The van der Waals surface area contributed by atoms with E-state index in [1.807, 2.05) is 6.92 Å². The highest BCUT2D eigenvalue weighted by Gasteiger charge is 2.20. The van der Waals surface area contributed by atoms with Crippen molar-refractivity contribution in [3.05, 3.63) is 23.8 Å². The van der Waals surface area contributed by atoms with E-state index < -0.39 is 11.6 Å². The van der Waals surface area contributed by atoms with Crippen molar-refractivity contribution in [2.45, 2.75) is 50.8 Å². The lowest BCUT2D eigenvalue weighted by Gasteiger charge is -2.26. The van der Waals surface area contributed by atoms with Crippen LogP contribution in [0.3, 0.4) is 0 Å². The van der Waals surface area contributed by atoms with Crippen LogP contribution in [0.4, 0.5) is 8.78 Å². The van der Waals surface area contributed by atoms with Crippen LogP contribution in [-0.4, -0.2) is 12.4 Å². The summed E-state index contributed by atoms with van der Waals surface area (Å²) in [6.07, 6.45) is 5.59. The van der Waals surface area contributed by atoms with Crippen LogP contribution in [0, 0.1) is 23.5 Å². The molecule has 1 nitrogen and oxygen atoms in total. The van der Waals surface area contributed by atoms with Gasteiger partial charge in [0.25, 0.3) is 0 Å². The molecule has 1 aromatic rings. The minimum atomic E-state index is -0.847. The van der Waals surface area contributed by atoms with Crippen LogP contribution in [0.25, 0.3) is 0 Å². The lowest BCUT2D eigenvalue weighted by atomic mass is 9.83. The summed E-state index contributed by atoms with van der Waals surface area (Å²) in [4.78, 5) is 0.369. The maximum atomic E-state index is 14.0. The molecule has 0 spiro atoms. The Kier molecular flexibility index (Phi) is 6.34. The summed E-state index contributed by atoms with van der Waals surface area (Å²) in [5.41, 5.74) is 0. The van der Waals surface area contributed by atoms with E-state index in [0.717, 1.165) is 30.9 Å². The van der Waals surface area contributed by atoms with Crippen LogP contribution < -0.4 is 4.74 Å². The highest BCUT2D eigenvalue weighted by atomic mass is 32.2. The zero-order chi connectivity index (χ0) is 15.2. The predicted octanol–water partition coefficient (Wildman–Crippen LogP) is 5.67. The molecule has 1 aliphatic carbocycles. The Balaban J connectivity index is 1.92. The average molecular weight is 314 g/mol. The van der Waals surface area contributed by atoms with Gasteiger partial charge in [-0.25, -0.2) is 4.39 Å². The summed E-state index contributed by atoms with van der Waals surface area (Å²) in [5.74, 6) is 0.468. The molecule has 0 saturated heterocycles. The second-order valence-corrected chi connectivity index (χ2v) is 7.11. The maximum Gasteiger partial charge on any atom is 0.201 e. The van der Waals surface area contributed by atoms with Crippen molar-refractivity contribution < 1.29 is 13.5 Å². The molecule has 2 rings (SSSR count). The molecule has 0 amide bonds. The number of rotatable bonds is 6. The predicted molar refractivity (Wildman–Crippen MR) is 84.0 cm³/mol. The minimum absolute atomic E-state index is 0.0481. The molecule has 0 aliphatic heterocycles. The van der Waals surface area contributed by atoms with Gasteiger partial charge in [-0.3, -0.25) is 0 Å². The number of benzene rings is 1. The standard InChI is InChI=1S/C17H24F2OS/c1-3-10-21-15-9-8-14(16(18)17(15)19)20-11-13-6-4-12(2)5-7-13/h8-9,12-13H,3-7,10-11H2,1-2H3. The topological polar surface area (TPSA) is 9.23 Å². The molecule has 1 saturated carbocycles. The summed E-state index contributed by atoms with van der Waals surface area (Å²) < 4.78 is 33.4. The molecular formula is C17H24F2OS. The van der Waals surface area contributed by atoms with Crippen molar-refractivity contribution in [3.63, 3.8) is 0 Å². The largest absolute Gasteiger partial charge is 0.490 e. The van der Waals surface area contributed by atoms with E-state index >= 15 is 0 Å². The molecule has 21 heavy (non-hydrogen) atoms. The first-order valence-corrected chi connectivity index (χ1v) is 8.84. The average Bonchev–Trinajstić information content (AvgIpc) is 2.49. The van der Waals surface area contributed by atoms with Gasteiger partial charge in [-0.15, -0.1) is 11.8 Å². The number of hydrogen-bond acceptors (Lipinski definition) is 2. The van der Waals surface area contributed by atoms with Crippen LogP contribution in [0.5, 0.6) is 5.75 Å². The third kappa shape index (κ3) is 4.60. The van der Waals surface area contributed by atoms with Crippen molar-refractivity contribution >= 4 is 11.8 Å². The Bertz CT molecular complexity index is 456. The van der Waals surface area contributed by atoms with Gasteiger partial charge in [-0.05, 0) is 49.0 Å². The summed E-state index contributed by atoms with van der Waals surface area (Å²) in [6, 6.07) is 3.18. The second kappa shape index (κ2) is 8.02. The zero-order valence-corrected chi connectivity index (χ0v) is 13.6. The van der Waals surface area contributed by atoms with Crippen LogP contribution in [0.2, 0.25) is 0 Å². The van der Waals surface area contributed by atoms with E-state index in [9.17, 15) is 8.78 Å². The molecule has 0 bridgehead atoms. The monoisotopic (exact) mass is 314 g/mol. The Morgan fingerprint density at radius 2 is 1.86 bits per heavy atom. The fourth-order valence-corrected chi connectivity index (χ4v) is 3.46. The van der Waals surface area contributed by atoms with Crippen molar-refractivity contribution in [3.8, 4) is 5.75 Å². The van der Waals surface area contributed by atoms with Gasteiger partial charge in [0.05, 0.1) is 6.61 Å². The van der Waals surface area contributed by atoms with Crippen molar-refractivity contribution in [1.29, 1.82) is 0 Å². The number of hydrogen-bond donors (Lipinski definition) is 0. The van der Waals surface area contributed by atoms with E-state index in [1.54, 1.807) is 12.1 Å². The molecule has 0 atom stereocenters. The first-order valence-electron chi connectivity index (χ1n) is 7.85. The number of halogens is 2. The van der Waals surface area contributed by atoms with Gasteiger partial charge < -0.3 is 4.74 Å². The van der Waals surface area contributed by atoms with E-state index in [-0.39, 0.29) is 5.75 Å². The van der Waals surface area contributed by atoms with Crippen LogP contribution in [0.15, 0.2) is 17.0 Å². The van der Waals surface area contributed by atoms with Crippen molar-refractivity contribution in [2.24, 2.45) is 11.8 Å². The van der Waals surface area contributed by atoms with Crippen LogP contribution >= 0.6 is 11.8 Å². The third-order valence-corrected chi connectivity index (χ3v) is 5.32. The fraction of sp³-hybridized carbons (Fsp3) is 0.647. The van der Waals surface area contributed by atoms with Crippen LogP contribution in [0.1, 0.15) is 46.0 Å². The van der Waals surface area contributed by atoms with E-state index in [2.05, 4.69) is 6.92 Å². The molecule has 118 valence electrons. The molecule has 0 unspecified atom stereocenters. The molecule has 1 aliphatic rings. The number of thioether (sulfide) groups is 1. The summed E-state index contributed by atoms with van der Waals surface area (Å²) in [7, 11) is 0. The van der Waals surface area contributed by atoms with Gasteiger partial charge in [0.1, 0.15) is 0 Å². The van der Waals surface area contributed by atoms with Gasteiger partial charge in [-0.1, -0.05) is 26.7 Å². The summed E-state index contributed by atoms with van der Waals surface area (Å²) in [5, 5.41) is 0. The first kappa shape index (κ1) is 16.6. The fourth-order valence-electron chi connectivity index (χ4n) is 2.65. The van der Waals surface area contributed by atoms with Crippen LogP contribution in [-0.2, 0) is 0 Å². The minimum Gasteiger partial charge on any atom is -0.490 e. The molecule has 4 heteroatoms.